The molecule has 1 fully saturated rings. The van der Waals surface area contributed by atoms with Gasteiger partial charge in [-0.15, -0.1) is 0 Å². The van der Waals surface area contributed by atoms with Crippen LogP contribution < -0.4 is 4.74 Å². The van der Waals surface area contributed by atoms with Crippen LogP contribution >= 0.6 is 0 Å². The number of carbonyl (C=O) groups excluding carboxylic acids is 1. The maximum absolute atomic E-state index is 12.8. The lowest BCUT2D eigenvalue weighted by atomic mass is 9.90. The van der Waals surface area contributed by atoms with Gasteiger partial charge in [-0.2, -0.15) is 0 Å². The fraction of sp³-hybridized carbons (Fsp3) is 0.435. The first-order valence-electron chi connectivity index (χ1n) is 9.60. The third-order valence-electron chi connectivity index (χ3n) is 5.50. The number of hydrogen-bond acceptors (Lipinski definition) is 2. The van der Waals surface area contributed by atoms with Gasteiger partial charge in [-0.05, 0) is 68.7 Å². The van der Waals surface area contributed by atoms with Crippen molar-refractivity contribution in [3.63, 3.8) is 0 Å². The van der Waals surface area contributed by atoms with Gasteiger partial charge in [-0.25, -0.2) is 0 Å². The highest BCUT2D eigenvalue weighted by atomic mass is 16.5. The second-order valence-corrected chi connectivity index (χ2v) is 7.42. The molecule has 0 aliphatic carbocycles. The highest BCUT2D eigenvalue weighted by Gasteiger charge is 2.27. The monoisotopic (exact) mass is 351 g/mol. The zero-order valence-corrected chi connectivity index (χ0v) is 16.1. The third kappa shape index (κ3) is 4.46. The van der Waals surface area contributed by atoms with E-state index >= 15 is 0 Å². The first-order chi connectivity index (χ1) is 12.5. The molecular weight excluding hydrogens is 322 g/mol. The number of rotatable bonds is 5. The fourth-order valence-corrected chi connectivity index (χ4v) is 3.65. The van der Waals surface area contributed by atoms with Crippen molar-refractivity contribution in [2.24, 2.45) is 5.92 Å². The maximum atomic E-state index is 12.8. The quantitative estimate of drug-likeness (QED) is 0.791. The number of likely N-dealkylation sites (tertiary alicyclic amines) is 1. The van der Waals surface area contributed by atoms with Crippen LogP contribution in [0.15, 0.2) is 48.5 Å². The number of nitrogens with zero attached hydrogens (tertiary/aromatic N) is 1. The standard InChI is InChI=1S/C23H29NO2/c1-17-8-7-11-22(18(17)2)26-19(3)23(25)24-14-12-21(13-15-24)16-20-9-5-4-6-10-20/h4-11,19,21H,12-16H2,1-3H3/t19-/m1/s1. The number of amides is 1. The van der Waals surface area contributed by atoms with Gasteiger partial charge in [0.15, 0.2) is 6.10 Å². The Balaban J connectivity index is 1.52. The molecular formula is C23H29NO2. The largest absolute Gasteiger partial charge is 0.481 e. The summed E-state index contributed by atoms with van der Waals surface area (Å²) in [6.07, 6.45) is 2.80. The van der Waals surface area contributed by atoms with Crippen LogP contribution in [0, 0.1) is 19.8 Å². The summed E-state index contributed by atoms with van der Waals surface area (Å²) in [4.78, 5) is 14.7. The molecule has 26 heavy (non-hydrogen) atoms. The van der Waals surface area contributed by atoms with Crippen LogP contribution in [0.1, 0.15) is 36.5 Å². The van der Waals surface area contributed by atoms with Crippen molar-refractivity contribution in [1.82, 2.24) is 4.90 Å². The van der Waals surface area contributed by atoms with Crippen LogP contribution in [0.5, 0.6) is 5.75 Å². The molecule has 1 aliphatic rings. The van der Waals surface area contributed by atoms with Crippen molar-refractivity contribution in [1.29, 1.82) is 0 Å². The van der Waals surface area contributed by atoms with Crippen molar-refractivity contribution in [2.45, 2.75) is 46.1 Å². The SMILES string of the molecule is Cc1cccc(O[C@H](C)C(=O)N2CCC(Cc3ccccc3)CC2)c1C. The molecule has 2 aromatic carbocycles. The van der Waals surface area contributed by atoms with Gasteiger partial charge in [0.25, 0.3) is 5.91 Å². The molecule has 1 atom stereocenters. The summed E-state index contributed by atoms with van der Waals surface area (Å²) in [6, 6.07) is 16.6. The van der Waals surface area contributed by atoms with E-state index in [9.17, 15) is 4.79 Å². The van der Waals surface area contributed by atoms with E-state index in [0.717, 1.165) is 43.7 Å². The predicted octanol–water partition coefficient (Wildman–Crippen LogP) is 4.55. The van der Waals surface area contributed by atoms with E-state index in [0.29, 0.717) is 5.92 Å². The summed E-state index contributed by atoms with van der Waals surface area (Å²) in [6.45, 7) is 7.62. The molecule has 1 heterocycles. The summed E-state index contributed by atoms with van der Waals surface area (Å²) in [5, 5.41) is 0. The summed E-state index contributed by atoms with van der Waals surface area (Å²) < 4.78 is 5.97. The van der Waals surface area contributed by atoms with Crippen LogP contribution in [0.2, 0.25) is 0 Å². The molecule has 0 bridgehead atoms. The minimum Gasteiger partial charge on any atom is -0.481 e. The predicted molar refractivity (Wildman–Crippen MR) is 105 cm³/mol. The Kier molecular flexibility index (Phi) is 5.97. The zero-order chi connectivity index (χ0) is 18.5. The van der Waals surface area contributed by atoms with Crippen LogP contribution in [-0.4, -0.2) is 30.0 Å². The van der Waals surface area contributed by atoms with Gasteiger partial charge in [0.1, 0.15) is 5.75 Å². The molecule has 0 aromatic heterocycles. The van der Waals surface area contributed by atoms with Crippen molar-refractivity contribution >= 4 is 5.91 Å². The first-order valence-corrected chi connectivity index (χ1v) is 9.60. The maximum Gasteiger partial charge on any atom is 0.263 e. The number of aryl methyl sites for hydroxylation is 1. The molecule has 138 valence electrons. The van der Waals surface area contributed by atoms with Gasteiger partial charge in [0.05, 0.1) is 0 Å². The van der Waals surface area contributed by atoms with Crippen LogP contribution in [0.4, 0.5) is 0 Å². The van der Waals surface area contributed by atoms with Gasteiger partial charge in [-0.1, -0.05) is 42.5 Å². The Morgan fingerprint density at radius 1 is 1.08 bits per heavy atom. The highest BCUT2D eigenvalue weighted by Crippen LogP contribution is 2.24. The van der Waals surface area contributed by atoms with Crippen LogP contribution in [-0.2, 0) is 11.2 Å². The van der Waals surface area contributed by atoms with Crippen LogP contribution in [0.3, 0.4) is 0 Å². The number of hydrogen-bond donors (Lipinski definition) is 0. The molecule has 1 saturated heterocycles. The Hall–Kier alpha value is -2.29. The number of benzene rings is 2. The first kappa shape index (κ1) is 18.5. The summed E-state index contributed by atoms with van der Waals surface area (Å²) in [5.74, 6) is 1.57. The van der Waals surface area contributed by atoms with Gasteiger partial charge in [0.2, 0.25) is 0 Å². The molecule has 0 N–H and O–H groups in total. The topological polar surface area (TPSA) is 29.5 Å². The lowest BCUT2D eigenvalue weighted by molar-refractivity contribution is -0.139. The van der Waals surface area contributed by atoms with Crippen LogP contribution in [0.25, 0.3) is 0 Å². The van der Waals surface area contributed by atoms with E-state index in [4.69, 9.17) is 4.74 Å². The average Bonchev–Trinajstić information content (AvgIpc) is 2.66. The zero-order valence-electron chi connectivity index (χ0n) is 16.1. The van der Waals surface area contributed by atoms with E-state index in [1.54, 1.807) is 0 Å². The van der Waals surface area contributed by atoms with Crippen molar-refractivity contribution in [3.05, 3.63) is 65.2 Å². The Labute approximate surface area is 157 Å². The lowest BCUT2D eigenvalue weighted by Crippen LogP contribution is -2.45. The summed E-state index contributed by atoms with van der Waals surface area (Å²) in [5.41, 5.74) is 3.68. The molecule has 0 radical (unpaired) electrons. The molecule has 0 unspecified atom stereocenters. The van der Waals surface area contributed by atoms with E-state index < -0.39 is 6.10 Å². The van der Waals surface area contributed by atoms with Crippen molar-refractivity contribution in [3.8, 4) is 5.75 Å². The second kappa shape index (κ2) is 8.39. The summed E-state index contributed by atoms with van der Waals surface area (Å²) in [7, 11) is 0. The second-order valence-electron chi connectivity index (χ2n) is 7.42. The van der Waals surface area contributed by atoms with Gasteiger partial charge in [-0.3, -0.25) is 4.79 Å². The smallest absolute Gasteiger partial charge is 0.263 e. The molecule has 0 spiro atoms. The molecule has 3 rings (SSSR count). The highest BCUT2D eigenvalue weighted by molar-refractivity contribution is 5.81. The molecule has 2 aromatic rings. The normalized spacial score (nSPS) is 16.3. The Morgan fingerprint density at radius 3 is 2.46 bits per heavy atom. The van der Waals surface area contributed by atoms with E-state index in [1.807, 2.05) is 30.9 Å². The Bertz CT molecular complexity index is 733. The molecule has 0 saturated carbocycles. The molecule has 1 aliphatic heterocycles. The van der Waals surface area contributed by atoms with E-state index in [-0.39, 0.29) is 5.91 Å². The van der Waals surface area contributed by atoms with Gasteiger partial charge >= 0.3 is 0 Å². The fourth-order valence-electron chi connectivity index (χ4n) is 3.65. The Morgan fingerprint density at radius 2 is 1.77 bits per heavy atom. The minimum atomic E-state index is -0.443. The number of piperidine rings is 1. The van der Waals surface area contributed by atoms with Gasteiger partial charge < -0.3 is 9.64 Å². The molecule has 3 heteroatoms. The van der Waals surface area contributed by atoms with Crippen molar-refractivity contribution in [2.75, 3.05) is 13.1 Å². The minimum absolute atomic E-state index is 0.101. The van der Waals surface area contributed by atoms with Crippen molar-refractivity contribution < 1.29 is 9.53 Å². The van der Waals surface area contributed by atoms with E-state index in [2.05, 4.69) is 43.3 Å². The molecule has 3 nitrogen and oxygen atoms in total. The van der Waals surface area contributed by atoms with Gasteiger partial charge in [0, 0.05) is 13.1 Å². The lowest BCUT2D eigenvalue weighted by Gasteiger charge is -2.33. The third-order valence-corrected chi connectivity index (χ3v) is 5.50. The number of carbonyl (C=O) groups is 1. The summed E-state index contributed by atoms with van der Waals surface area (Å²) >= 11 is 0. The molecule has 1 amide bonds. The average molecular weight is 351 g/mol. The van der Waals surface area contributed by atoms with E-state index in [1.165, 1.54) is 11.1 Å². The number of ether oxygens (including phenoxy) is 1.